The third-order valence-electron chi connectivity index (χ3n) is 3.64. The van der Waals surface area contributed by atoms with Crippen LogP contribution in [0.3, 0.4) is 0 Å². The fourth-order valence-electron chi connectivity index (χ4n) is 2.50. The van der Waals surface area contributed by atoms with Crippen molar-refractivity contribution in [2.24, 2.45) is 5.92 Å². The molecule has 1 amide bonds. The minimum absolute atomic E-state index is 0.176. The van der Waals surface area contributed by atoms with Crippen molar-refractivity contribution in [1.29, 1.82) is 0 Å². The zero-order chi connectivity index (χ0) is 13.9. The molecule has 1 fully saturated rings. The average Bonchev–Trinajstić information content (AvgIpc) is 3.09. The fraction of sp³-hybridized carbons (Fsp3) is 0.250. The summed E-state index contributed by atoms with van der Waals surface area (Å²) in [6.45, 7) is 5.26. The Hall–Kier alpha value is -2.36. The Morgan fingerprint density at radius 1 is 1.35 bits per heavy atom. The molecule has 1 atom stereocenters. The zero-order valence-corrected chi connectivity index (χ0v) is 11.3. The zero-order valence-electron chi connectivity index (χ0n) is 11.3. The van der Waals surface area contributed by atoms with Crippen molar-refractivity contribution in [3.8, 4) is 0 Å². The Morgan fingerprint density at radius 2 is 2.15 bits per heavy atom. The number of amides is 1. The van der Waals surface area contributed by atoms with Crippen LogP contribution >= 0.6 is 0 Å². The molecule has 2 heterocycles. The molecule has 3 rings (SSSR count). The highest BCUT2D eigenvalue weighted by Crippen LogP contribution is 2.25. The molecule has 4 heteroatoms. The minimum Gasteiger partial charge on any atom is -0.312 e. The van der Waals surface area contributed by atoms with E-state index in [1.807, 2.05) is 52.2 Å². The summed E-state index contributed by atoms with van der Waals surface area (Å²) in [6, 6.07) is 10.0. The molecule has 1 aliphatic heterocycles. The van der Waals surface area contributed by atoms with Crippen molar-refractivity contribution in [3.63, 3.8) is 0 Å². The van der Waals surface area contributed by atoms with Crippen molar-refractivity contribution in [2.75, 3.05) is 11.4 Å². The number of anilines is 1. The van der Waals surface area contributed by atoms with Gasteiger partial charge in [0.05, 0.1) is 6.54 Å². The second-order valence-electron chi connectivity index (χ2n) is 5.07. The summed E-state index contributed by atoms with van der Waals surface area (Å²) in [5, 5.41) is 4.19. The number of benzene rings is 1. The number of nitrogens with zero attached hydrogens (tertiary/aromatic N) is 3. The van der Waals surface area contributed by atoms with Crippen LogP contribution in [-0.4, -0.2) is 22.2 Å². The smallest absolute Gasteiger partial charge is 0.227 e. The van der Waals surface area contributed by atoms with E-state index in [1.54, 1.807) is 6.20 Å². The van der Waals surface area contributed by atoms with E-state index in [2.05, 4.69) is 11.7 Å². The predicted molar refractivity (Wildman–Crippen MR) is 78.4 cm³/mol. The summed E-state index contributed by atoms with van der Waals surface area (Å²) in [4.78, 5) is 13.8. The van der Waals surface area contributed by atoms with Gasteiger partial charge in [0.15, 0.2) is 0 Å². The molecule has 4 nitrogen and oxygen atoms in total. The van der Waals surface area contributed by atoms with Gasteiger partial charge in [-0.15, -0.1) is 6.58 Å². The molecule has 0 bridgehead atoms. The van der Waals surface area contributed by atoms with E-state index in [1.165, 1.54) is 5.56 Å². The lowest BCUT2D eigenvalue weighted by Crippen LogP contribution is -2.24. The molecule has 1 aromatic heterocycles. The average molecular weight is 267 g/mol. The van der Waals surface area contributed by atoms with E-state index in [0.717, 1.165) is 18.8 Å². The third kappa shape index (κ3) is 2.50. The maximum absolute atomic E-state index is 11.9. The van der Waals surface area contributed by atoms with E-state index in [-0.39, 0.29) is 11.8 Å². The van der Waals surface area contributed by atoms with Crippen molar-refractivity contribution in [2.45, 2.75) is 13.0 Å². The molecular formula is C16H17N3O. The van der Waals surface area contributed by atoms with Crippen molar-refractivity contribution < 1.29 is 4.79 Å². The van der Waals surface area contributed by atoms with Gasteiger partial charge in [-0.3, -0.25) is 9.48 Å². The SMILES string of the molecule is C=CC1CC(=O)N(c2ccc(Cn3cccn3)cc2)C1. The molecule has 20 heavy (non-hydrogen) atoms. The molecule has 0 spiro atoms. The number of hydrogen-bond donors (Lipinski definition) is 0. The standard InChI is InChI=1S/C16H17N3O/c1-2-13-10-16(20)19(12-13)15-6-4-14(5-7-15)11-18-9-3-8-17-18/h2-9,13H,1,10-12H2. The molecule has 102 valence electrons. The van der Waals surface area contributed by atoms with Crippen LogP contribution in [0.1, 0.15) is 12.0 Å². The number of hydrogen-bond acceptors (Lipinski definition) is 2. The van der Waals surface area contributed by atoms with Gasteiger partial charge in [-0.25, -0.2) is 0 Å². The maximum Gasteiger partial charge on any atom is 0.227 e. The first-order valence-electron chi connectivity index (χ1n) is 6.75. The quantitative estimate of drug-likeness (QED) is 0.798. The van der Waals surface area contributed by atoms with E-state index >= 15 is 0 Å². The predicted octanol–water partition coefficient (Wildman–Crippen LogP) is 2.47. The van der Waals surface area contributed by atoms with Gasteiger partial charge < -0.3 is 4.90 Å². The van der Waals surface area contributed by atoms with Crippen LogP contribution in [0.4, 0.5) is 5.69 Å². The lowest BCUT2D eigenvalue weighted by molar-refractivity contribution is -0.117. The first-order chi connectivity index (χ1) is 9.76. The number of carbonyl (C=O) groups is 1. The topological polar surface area (TPSA) is 38.1 Å². The Kier molecular flexibility index (Phi) is 3.37. The normalized spacial score (nSPS) is 18.5. The largest absolute Gasteiger partial charge is 0.312 e. The number of carbonyl (C=O) groups excluding carboxylic acids is 1. The Balaban J connectivity index is 1.73. The summed E-state index contributed by atoms with van der Waals surface area (Å²) in [7, 11) is 0. The highest BCUT2D eigenvalue weighted by molar-refractivity contribution is 5.95. The molecule has 0 saturated carbocycles. The van der Waals surface area contributed by atoms with Crippen LogP contribution in [0.25, 0.3) is 0 Å². The van der Waals surface area contributed by atoms with Crippen LogP contribution in [0.2, 0.25) is 0 Å². The van der Waals surface area contributed by atoms with Crippen molar-refractivity contribution in [3.05, 3.63) is 60.9 Å². The van der Waals surface area contributed by atoms with E-state index in [4.69, 9.17) is 0 Å². The fourth-order valence-corrected chi connectivity index (χ4v) is 2.50. The Labute approximate surface area is 118 Å². The molecule has 1 aliphatic rings. The Morgan fingerprint density at radius 3 is 2.75 bits per heavy atom. The first-order valence-corrected chi connectivity index (χ1v) is 6.75. The third-order valence-corrected chi connectivity index (χ3v) is 3.64. The maximum atomic E-state index is 11.9. The van der Waals surface area contributed by atoms with Crippen LogP contribution in [0, 0.1) is 5.92 Å². The second-order valence-corrected chi connectivity index (χ2v) is 5.07. The van der Waals surface area contributed by atoms with Gasteiger partial charge in [-0.1, -0.05) is 18.2 Å². The summed E-state index contributed by atoms with van der Waals surface area (Å²) in [6.07, 6.45) is 6.14. The molecule has 1 unspecified atom stereocenters. The number of aromatic nitrogens is 2. The minimum atomic E-state index is 0.176. The second kappa shape index (κ2) is 5.33. The highest BCUT2D eigenvalue weighted by Gasteiger charge is 2.28. The van der Waals surface area contributed by atoms with Gasteiger partial charge in [0.25, 0.3) is 0 Å². The van der Waals surface area contributed by atoms with Gasteiger partial charge in [0.2, 0.25) is 5.91 Å². The van der Waals surface area contributed by atoms with Crippen molar-refractivity contribution in [1.82, 2.24) is 9.78 Å². The van der Waals surface area contributed by atoms with Gasteiger partial charge in [0, 0.05) is 37.0 Å². The molecule has 0 aliphatic carbocycles. The van der Waals surface area contributed by atoms with Crippen LogP contribution < -0.4 is 4.90 Å². The molecule has 0 N–H and O–H groups in total. The monoisotopic (exact) mass is 267 g/mol. The molecule has 1 aromatic carbocycles. The van der Waals surface area contributed by atoms with E-state index in [0.29, 0.717) is 6.42 Å². The summed E-state index contributed by atoms with van der Waals surface area (Å²) < 4.78 is 1.88. The van der Waals surface area contributed by atoms with Gasteiger partial charge in [-0.05, 0) is 23.8 Å². The van der Waals surface area contributed by atoms with Gasteiger partial charge in [0.1, 0.15) is 0 Å². The molecule has 2 aromatic rings. The van der Waals surface area contributed by atoms with Crippen molar-refractivity contribution >= 4 is 11.6 Å². The van der Waals surface area contributed by atoms with Crippen LogP contribution in [0.15, 0.2) is 55.4 Å². The summed E-state index contributed by atoms with van der Waals surface area (Å²) in [5.41, 5.74) is 2.13. The summed E-state index contributed by atoms with van der Waals surface area (Å²) >= 11 is 0. The molecular weight excluding hydrogens is 250 g/mol. The number of rotatable bonds is 4. The van der Waals surface area contributed by atoms with E-state index < -0.39 is 0 Å². The molecule has 1 saturated heterocycles. The van der Waals surface area contributed by atoms with E-state index in [9.17, 15) is 4.79 Å². The van der Waals surface area contributed by atoms with Crippen LogP contribution in [0.5, 0.6) is 0 Å². The van der Waals surface area contributed by atoms with Crippen LogP contribution in [-0.2, 0) is 11.3 Å². The first kappa shape index (κ1) is 12.7. The van der Waals surface area contributed by atoms with Gasteiger partial charge in [-0.2, -0.15) is 5.10 Å². The lowest BCUT2D eigenvalue weighted by Gasteiger charge is -2.16. The highest BCUT2D eigenvalue weighted by atomic mass is 16.2. The van der Waals surface area contributed by atoms with Gasteiger partial charge >= 0.3 is 0 Å². The summed E-state index contributed by atoms with van der Waals surface area (Å²) in [5.74, 6) is 0.445. The molecule has 0 radical (unpaired) electrons. The lowest BCUT2D eigenvalue weighted by atomic mass is 10.1. The Bertz CT molecular complexity index is 601.